The van der Waals surface area contributed by atoms with Crippen molar-refractivity contribution in [2.75, 3.05) is 7.05 Å². The van der Waals surface area contributed by atoms with Gasteiger partial charge in [-0.1, -0.05) is 13.3 Å². The van der Waals surface area contributed by atoms with E-state index >= 15 is 0 Å². The van der Waals surface area contributed by atoms with Gasteiger partial charge in [-0.2, -0.15) is 0 Å². The number of pyridine rings is 1. The molecule has 1 fully saturated rings. The van der Waals surface area contributed by atoms with Gasteiger partial charge in [0.25, 0.3) is 0 Å². The summed E-state index contributed by atoms with van der Waals surface area (Å²) in [5, 5.41) is 0. The van der Waals surface area contributed by atoms with E-state index in [2.05, 4.69) is 36.0 Å². The average Bonchev–Trinajstić information content (AvgIpc) is 2.47. The number of rotatable bonds is 5. The van der Waals surface area contributed by atoms with Gasteiger partial charge in [-0.3, -0.25) is 9.88 Å². The van der Waals surface area contributed by atoms with Crippen LogP contribution in [0.4, 0.5) is 0 Å². The van der Waals surface area contributed by atoms with Crippen LogP contribution in [0.15, 0.2) is 18.3 Å². The Labute approximate surface area is 117 Å². The highest BCUT2D eigenvalue weighted by atomic mass is 15.1. The van der Waals surface area contributed by atoms with E-state index in [-0.39, 0.29) is 0 Å². The van der Waals surface area contributed by atoms with Gasteiger partial charge in [0, 0.05) is 25.3 Å². The summed E-state index contributed by atoms with van der Waals surface area (Å²) in [7, 11) is 2.25. The number of nitrogens with zero attached hydrogens (tertiary/aromatic N) is 2. The predicted molar refractivity (Wildman–Crippen MR) is 79.6 cm³/mol. The first kappa shape index (κ1) is 14.5. The van der Waals surface area contributed by atoms with Crippen molar-refractivity contribution >= 4 is 0 Å². The second-order valence-corrected chi connectivity index (χ2v) is 5.86. The molecule has 1 heterocycles. The summed E-state index contributed by atoms with van der Waals surface area (Å²) < 4.78 is 0. The van der Waals surface area contributed by atoms with Gasteiger partial charge in [0.15, 0.2) is 0 Å². The van der Waals surface area contributed by atoms with Crippen molar-refractivity contribution in [2.45, 2.75) is 58.2 Å². The third-order valence-corrected chi connectivity index (χ3v) is 4.54. The standard InChI is InChI=1S/C16H27N3/c1-3-13-4-6-16(7-5-13)19(2)12-14-8-9-18-15(10-14)11-17/h8-10,13,16H,3-7,11-12,17H2,1-2H3. The summed E-state index contributed by atoms with van der Waals surface area (Å²) in [6, 6.07) is 4.99. The van der Waals surface area contributed by atoms with Crippen LogP contribution in [0.25, 0.3) is 0 Å². The highest BCUT2D eigenvalue weighted by molar-refractivity contribution is 5.16. The summed E-state index contributed by atoms with van der Waals surface area (Å²) in [6.45, 7) is 3.86. The minimum Gasteiger partial charge on any atom is -0.325 e. The normalized spacial score (nSPS) is 23.8. The average molecular weight is 261 g/mol. The quantitative estimate of drug-likeness (QED) is 0.886. The summed E-state index contributed by atoms with van der Waals surface area (Å²) >= 11 is 0. The lowest BCUT2D eigenvalue weighted by molar-refractivity contribution is 0.157. The maximum absolute atomic E-state index is 5.65. The first-order chi connectivity index (χ1) is 9.22. The van der Waals surface area contributed by atoms with Gasteiger partial charge >= 0.3 is 0 Å². The molecular weight excluding hydrogens is 234 g/mol. The van der Waals surface area contributed by atoms with Crippen LogP contribution < -0.4 is 5.73 Å². The van der Waals surface area contributed by atoms with Crippen molar-refractivity contribution in [1.29, 1.82) is 0 Å². The SMILES string of the molecule is CCC1CCC(N(C)Cc2ccnc(CN)c2)CC1. The first-order valence-corrected chi connectivity index (χ1v) is 7.57. The third kappa shape index (κ3) is 4.02. The molecule has 1 aromatic rings. The topological polar surface area (TPSA) is 42.2 Å². The van der Waals surface area contributed by atoms with E-state index < -0.39 is 0 Å². The van der Waals surface area contributed by atoms with E-state index in [4.69, 9.17) is 5.73 Å². The van der Waals surface area contributed by atoms with Crippen LogP contribution in [0.5, 0.6) is 0 Å². The van der Waals surface area contributed by atoms with Crippen molar-refractivity contribution in [3.63, 3.8) is 0 Å². The second-order valence-electron chi connectivity index (χ2n) is 5.86. The van der Waals surface area contributed by atoms with Crippen LogP contribution >= 0.6 is 0 Å². The zero-order valence-electron chi connectivity index (χ0n) is 12.3. The fourth-order valence-corrected chi connectivity index (χ4v) is 3.15. The van der Waals surface area contributed by atoms with E-state index in [1.54, 1.807) is 0 Å². The van der Waals surface area contributed by atoms with Gasteiger partial charge in [0.1, 0.15) is 0 Å². The van der Waals surface area contributed by atoms with Gasteiger partial charge < -0.3 is 5.73 Å². The zero-order valence-corrected chi connectivity index (χ0v) is 12.3. The molecule has 0 amide bonds. The Hall–Kier alpha value is -0.930. The molecular formula is C16H27N3. The lowest BCUT2D eigenvalue weighted by Gasteiger charge is -2.34. The Morgan fingerprint density at radius 3 is 2.68 bits per heavy atom. The summed E-state index contributed by atoms with van der Waals surface area (Å²) in [4.78, 5) is 6.76. The van der Waals surface area contributed by atoms with Crippen LogP contribution in [0.2, 0.25) is 0 Å². The van der Waals surface area contributed by atoms with E-state index in [9.17, 15) is 0 Å². The second kappa shape index (κ2) is 7.01. The Kier molecular flexibility index (Phi) is 5.34. The molecule has 1 aromatic heterocycles. The summed E-state index contributed by atoms with van der Waals surface area (Å²) in [6.07, 6.45) is 8.72. The Morgan fingerprint density at radius 2 is 2.05 bits per heavy atom. The molecule has 19 heavy (non-hydrogen) atoms. The first-order valence-electron chi connectivity index (χ1n) is 7.57. The Bertz CT molecular complexity index is 383. The maximum Gasteiger partial charge on any atom is 0.0542 e. The fourth-order valence-electron chi connectivity index (χ4n) is 3.15. The van der Waals surface area contributed by atoms with Gasteiger partial charge in [-0.15, -0.1) is 0 Å². The van der Waals surface area contributed by atoms with Crippen LogP contribution in [-0.4, -0.2) is 23.0 Å². The lowest BCUT2D eigenvalue weighted by atomic mass is 9.84. The molecule has 0 aromatic carbocycles. The number of hydrogen-bond acceptors (Lipinski definition) is 3. The van der Waals surface area contributed by atoms with Crippen LogP contribution in [0.3, 0.4) is 0 Å². The molecule has 1 aliphatic rings. The molecule has 1 saturated carbocycles. The fraction of sp³-hybridized carbons (Fsp3) is 0.688. The van der Waals surface area contributed by atoms with Crippen molar-refractivity contribution in [2.24, 2.45) is 11.7 Å². The van der Waals surface area contributed by atoms with E-state index in [1.165, 1.54) is 37.7 Å². The molecule has 2 N–H and O–H groups in total. The van der Waals surface area contributed by atoms with Crippen molar-refractivity contribution < 1.29 is 0 Å². The van der Waals surface area contributed by atoms with Gasteiger partial charge in [-0.25, -0.2) is 0 Å². The molecule has 0 spiro atoms. The smallest absolute Gasteiger partial charge is 0.0542 e. The predicted octanol–water partition coefficient (Wildman–Crippen LogP) is 2.94. The molecule has 3 heteroatoms. The largest absolute Gasteiger partial charge is 0.325 e. The molecule has 0 radical (unpaired) electrons. The number of aromatic nitrogens is 1. The van der Waals surface area contributed by atoms with E-state index in [0.29, 0.717) is 6.54 Å². The molecule has 0 unspecified atom stereocenters. The van der Waals surface area contributed by atoms with Crippen molar-refractivity contribution in [3.05, 3.63) is 29.6 Å². The summed E-state index contributed by atoms with van der Waals surface area (Å²) in [5.74, 6) is 0.967. The summed E-state index contributed by atoms with van der Waals surface area (Å²) in [5.41, 5.74) is 7.96. The van der Waals surface area contributed by atoms with E-state index in [0.717, 1.165) is 24.2 Å². The highest BCUT2D eigenvalue weighted by Crippen LogP contribution is 2.29. The third-order valence-electron chi connectivity index (χ3n) is 4.54. The van der Waals surface area contributed by atoms with Crippen LogP contribution in [0, 0.1) is 5.92 Å². The lowest BCUT2D eigenvalue weighted by Crippen LogP contribution is -2.34. The molecule has 2 rings (SSSR count). The highest BCUT2D eigenvalue weighted by Gasteiger charge is 2.22. The Morgan fingerprint density at radius 1 is 1.32 bits per heavy atom. The minimum absolute atomic E-state index is 0.527. The molecule has 0 bridgehead atoms. The molecule has 1 aliphatic carbocycles. The van der Waals surface area contributed by atoms with Crippen molar-refractivity contribution in [3.8, 4) is 0 Å². The van der Waals surface area contributed by atoms with Crippen LogP contribution in [0.1, 0.15) is 50.3 Å². The maximum atomic E-state index is 5.65. The molecule has 0 atom stereocenters. The minimum atomic E-state index is 0.527. The molecule has 3 nitrogen and oxygen atoms in total. The molecule has 0 saturated heterocycles. The van der Waals surface area contributed by atoms with Crippen molar-refractivity contribution in [1.82, 2.24) is 9.88 Å². The van der Waals surface area contributed by atoms with Crippen LogP contribution in [-0.2, 0) is 13.1 Å². The van der Waals surface area contributed by atoms with Gasteiger partial charge in [-0.05, 0) is 56.3 Å². The van der Waals surface area contributed by atoms with E-state index in [1.807, 2.05) is 6.20 Å². The number of hydrogen-bond donors (Lipinski definition) is 1. The monoisotopic (exact) mass is 261 g/mol. The zero-order chi connectivity index (χ0) is 13.7. The number of nitrogens with two attached hydrogens (primary N) is 1. The molecule has 0 aliphatic heterocycles. The Balaban J connectivity index is 1.88. The van der Waals surface area contributed by atoms with Gasteiger partial charge in [0.05, 0.1) is 5.69 Å². The molecule has 106 valence electrons. The van der Waals surface area contributed by atoms with Gasteiger partial charge in [0.2, 0.25) is 0 Å².